The van der Waals surface area contributed by atoms with Gasteiger partial charge in [0.1, 0.15) is 11.3 Å². The van der Waals surface area contributed by atoms with Crippen molar-refractivity contribution in [1.82, 2.24) is 9.80 Å². The molecule has 0 unspecified atom stereocenters. The average molecular weight is 384 g/mol. The highest BCUT2D eigenvalue weighted by atomic mass is 19.1. The van der Waals surface area contributed by atoms with E-state index in [2.05, 4.69) is 4.90 Å². The van der Waals surface area contributed by atoms with Crippen LogP contribution in [-0.4, -0.2) is 72.5 Å². The standard InChI is InChI=1S/C19H34BFN2O4/c1-14(15(21)20-26-18(5,6)19(7,8)27-20)13-22-9-11-23(12-10-22)16(24)25-17(2,3)4/h9-13H2,1-8H3. The SMILES string of the molecule is CC(CN1CCN(C(=O)OC(C)(C)C)CC1)=C(F)B1OC(C)(C)C(C)(C)O1. The second-order valence-electron chi connectivity index (χ2n) is 9.46. The van der Waals surface area contributed by atoms with Crippen molar-refractivity contribution in [1.29, 1.82) is 0 Å². The molecule has 0 aromatic carbocycles. The van der Waals surface area contributed by atoms with Crippen molar-refractivity contribution in [2.24, 2.45) is 0 Å². The molecule has 27 heavy (non-hydrogen) atoms. The third-order valence-corrected chi connectivity index (χ3v) is 5.35. The molecule has 2 rings (SSSR count). The monoisotopic (exact) mass is 384 g/mol. The minimum Gasteiger partial charge on any atom is -0.444 e. The summed E-state index contributed by atoms with van der Waals surface area (Å²) in [5.74, 6) is 0. The van der Waals surface area contributed by atoms with Gasteiger partial charge in [-0.1, -0.05) is 0 Å². The van der Waals surface area contributed by atoms with Crippen LogP contribution in [0.3, 0.4) is 0 Å². The predicted octanol–water partition coefficient (Wildman–Crippen LogP) is 3.41. The van der Waals surface area contributed by atoms with E-state index in [0.717, 1.165) is 0 Å². The Bertz CT molecular complexity index is 577. The first kappa shape index (κ1) is 22.2. The van der Waals surface area contributed by atoms with E-state index in [1.165, 1.54) is 0 Å². The number of rotatable bonds is 3. The lowest BCUT2D eigenvalue weighted by Crippen LogP contribution is -2.50. The Labute approximate surface area is 163 Å². The van der Waals surface area contributed by atoms with Crippen molar-refractivity contribution >= 4 is 13.2 Å². The van der Waals surface area contributed by atoms with Gasteiger partial charge in [0.2, 0.25) is 0 Å². The smallest absolute Gasteiger partial charge is 0.444 e. The largest absolute Gasteiger partial charge is 0.525 e. The Morgan fingerprint density at radius 1 is 1.07 bits per heavy atom. The third-order valence-electron chi connectivity index (χ3n) is 5.35. The molecule has 2 heterocycles. The maximum Gasteiger partial charge on any atom is 0.525 e. The van der Waals surface area contributed by atoms with Crippen LogP contribution in [0.2, 0.25) is 0 Å². The van der Waals surface area contributed by atoms with Crippen LogP contribution in [0.5, 0.6) is 0 Å². The molecular weight excluding hydrogens is 350 g/mol. The zero-order valence-electron chi connectivity index (χ0n) is 18.0. The summed E-state index contributed by atoms with van der Waals surface area (Å²) >= 11 is 0. The van der Waals surface area contributed by atoms with E-state index < -0.39 is 23.9 Å². The van der Waals surface area contributed by atoms with Crippen molar-refractivity contribution in [2.45, 2.75) is 72.2 Å². The summed E-state index contributed by atoms with van der Waals surface area (Å²) in [6.07, 6.45) is -0.294. The van der Waals surface area contributed by atoms with Gasteiger partial charge < -0.3 is 18.9 Å². The molecule has 6 nitrogen and oxygen atoms in total. The van der Waals surface area contributed by atoms with Gasteiger partial charge in [-0.25, -0.2) is 9.18 Å². The van der Waals surface area contributed by atoms with Crippen LogP contribution in [-0.2, 0) is 14.0 Å². The van der Waals surface area contributed by atoms with Gasteiger partial charge in [-0.05, 0) is 61.0 Å². The van der Waals surface area contributed by atoms with Crippen LogP contribution in [0.4, 0.5) is 9.18 Å². The molecule has 2 saturated heterocycles. The van der Waals surface area contributed by atoms with E-state index in [-0.39, 0.29) is 11.8 Å². The van der Waals surface area contributed by atoms with Crippen molar-refractivity contribution in [3.63, 3.8) is 0 Å². The number of halogens is 1. The zero-order chi connectivity index (χ0) is 20.6. The van der Waals surface area contributed by atoms with Crippen molar-refractivity contribution in [2.75, 3.05) is 32.7 Å². The van der Waals surface area contributed by atoms with Crippen molar-refractivity contribution in [3.8, 4) is 0 Å². The molecule has 2 aliphatic heterocycles. The van der Waals surface area contributed by atoms with E-state index >= 15 is 0 Å². The molecule has 1 amide bonds. The van der Waals surface area contributed by atoms with Crippen LogP contribution in [0.15, 0.2) is 11.3 Å². The van der Waals surface area contributed by atoms with E-state index in [1.54, 1.807) is 11.8 Å². The van der Waals surface area contributed by atoms with Crippen molar-refractivity contribution < 1.29 is 23.2 Å². The molecule has 0 aliphatic carbocycles. The fourth-order valence-electron chi connectivity index (χ4n) is 2.97. The molecule has 0 aromatic heterocycles. The van der Waals surface area contributed by atoms with Gasteiger partial charge in [0.05, 0.1) is 11.2 Å². The normalized spacial score (nSPS) is 24.0. The van der Waals surface area contributed by atoms with Crippen LogP contribution in [0.1, 0.15) is 55.4 Å². The number of hydrogen-bond donors (Lipinski definition) is 0. The summed E-state index contributed by atoms with van der Waals surface area (Å²) in [5, 5.41) is 0. The van der Waals surface area contributed by atoms with Crippen LogP contribution in [0, 0.1) is 0 Å². The predicted molar refractivity (Wildman–Crippen MR) is 104 cm³/mol. The molecule has 0 spiro atoms. The highest BCUT2D eigenvalue weighted by Crippen LogP contribution is 2.39. The second kappa shape index (κ2) is 7.72. The molecule has 0 bridgehead atoms. The Hall–Kier alpha value is -1.12. The Balaban J connectivity index is 1.89. The molecular formula is C19H34BFN2O4. The summed E-state index contributed by atoms with van der Waals surface area (Å²) in [4.78, 5) is 16.0. The fourth-order valence-corrected chi connectivity index (χ4v) is 2.97. The maximum atomic E-state index is 14.9. The summed E-state index contributed by atoms with van der Waals surface area (Å²) < 4.78 is 31.8. The second-order valence-corrected chi connectivity index (χ2v) is 9.46. The molecule has 2 aliphatic rings. The van der Waals surface area contributed by atoms with Gasteiger partial charge >= 0.3 is 13.2 Å². The number of carbonyl (C=O) groups excluding carboxylic acids is 1. The van der Waals surface area contributed by atoms with Crippen LogP contribution < -0.4 is 0 Å². The number of amides is 1. The van der Waals surface area contributed by atoms with Gasteiger partial charge in [0.25, 0.3) is 0 Å². The molecule has 2 fully saturated rings. The fraction of sp³-hybridized carbons (Fsp3) is 0.842. The number of carbonyl (C=O) groups is 1. The first-order valence-electron chi connectivity index (χ1n) is 9.63. The number of piperazine rings is 1. The topological polar surface area (TPSA) is 51.2 Å². The number of ether oxygens (including phenoxy) is 1. The summed E-state index contributed by atoms with van der Waals surface area (Å²) in [5.41, 5.74) is -1.38. The first-order chi connectivity index (χ1) is 12.2. The third kappa shape index (κ3) is 5.45. The average Bonchev–Trinajstić information content (AvgIpc) is 2.73. The van der Waals surface area contributed by atoms with Crippen molar-refractivity contribution in [3.05, 3.63) is 11.3 Å². The van der Waals surface area contributed by atoms with E-state index in [0.29, 0.717) is 38.3 Å². The highest BCUT2D eigenvalue weighted by Gasteiger charge is 2.53. The highest BCUT2D eigenvalue weighted by molar-refractivity contribution is 6.53. The first-order valence-corrected chi connectivity index (χ1v) is 9.63. The molecule has 8 heteroatoms. The minimum atomic E-state index is -0.960. The lowest BCUT2D eigenvalue weighted by molar-refractivity contribution is 0.00578. The van der Waals surface area contributed by atoms with Gasteiger partial charge in [0.15, 0.2) is 0 Å². The molecule has 0 radical (unpaired) electrons. The number of hydrogen-bond acceptors (Lipinski definition) is 5. The zero-order valence-corrected chi connectivity index (χ0v) is 18.0. The Morgan fingerprint density at radius 3 is 2.00 bits per heavy atom. The summed E-state index contributed by atoms with van der Waals surface area (Å²) in [6.45, 7) is 17.9. The number of nitrogens with zero attached hydrogens (tertiary/aromatic N) is 2. The van der Waals surface area contributed by atoms with Gasteiger partial charge in [-0.2, -0.15) is 0 Å². The Kier molecular flexibility index (Phi) is 6.34. The molecule has 0 saturated carbocycles. The van der Waals surface area contributed by atoms with Crippen LogP contribution in [0.25, 0.3) is 0 Å². The van der Waals surface area contributed by atoms with E-state index in [9.17, 15) is 9.18 Å². The lowest BCUT2D eigenvalue weighted by atomic mass is 9.85. The maximum absolute atomic E-state index is 14.9. The Morgan fingerprint density at radius 2 is 1.56 bits per heavy atom. The molecule has 0 atom stereocenters. The summed E-state index contributed by atoms with van der Waals surface area (Å²) in [6, 6.07) is 0. The lowest BCUT2D eigenvalue weighted by Gasteiger charge is -2.35. The molecule has 0 N–H and O–H groups in total. The van der Waals surface area contributed by atoms with Gasteiger partial charge in [-0.3, -0.25) is 4.90 Å². The van der Waals surface area contributed by atoms with Gasteiger partial charge in [0, 0.05) is 32.7 Å². The summed E-state index contributed by atoms with van der Waals surface area (Å²) in [7, 11) is -0.960. The van der Waals surface area contributed by atoms with Gasteiger partial charge in [-0.15, -0.1) is 0 Å². The molecule has 0 aromatic rings. The minimum absolute atomic E-state index is 0.294. The molecule has 154 valence electrons. The van der Waals surface area contributed by atoms with Crippen LogP contribution >= 0.6 is 0 Å². The van der Waals surface area contributed by atoms with E-state index in [1.807, 2.05) is 48.5 Å². The van der Waals surface area contributed by atoms with E-state index in [4.69, 9.17) is 14.0 Å². The quantitative estimate of drug-likeness (QED) is 0.698.